The first-order valence-corrected chi connectivity index (χ1v) is 11.6. The Morgan fingerprint density at radius 2 is 1.94 bits per heavy atom. The third kappa shape index (κ3) is 5.23. The molecule has 2 aliphatic heterocycles. The fourth-order valence-electron chi connectivity index (χ4n) is 4.81. The largest absolute Gasteiger partial charge is 0.374 e. The average Bonchev–Trinajstić information content (AvgIpc) is 3.33. The van der Waals surface area contributed by atoms with E-state index in [0.29, 0.717) is 45.3 Å². The Balaban J connectivity index is 1.35. The average molecular weight is 486 g/mol. The van der Waals surface area contributed by atoms with E-state index in [9.17, 15) is 18.0 Å². The second-order valence-electron chi connectivity index (χ2n) is 9.07. The zero-order valence-corrected chi connectivity index (χ0v) is 18.9. The number of ether oxygens (including phenoxy) is 2. The van der Waals surface area contributed by atoms with Crippen LogP contribution in [0.25, 0.3) is 11.3 Å². The molecule has 184 valence electrons. The normalized spacial score (nSPS) is 24.5. The number of nitrogens with one attached hydrogen (secondary N) is 1. The number of benzene rings is 2. The van der Waals surface area contributed by atoms with Gasteiger partial charge in [-0.1, -0.05) is 35.5 Å². The molecule has 3 atom stereocenters. The highest BCUT2D eigenvalue weighted by molar-refractivity contribution is 5.77. The van der Waals surface area contributed by atoms with Crippen molar-refractivity contribution in [3.05, 3.63) is 71.7 Å². The molecule has 0 saturated carbocycles. The summed E-state index contributed by atoms with van der Waals surface area (Å²) in [6.45, 7) is 0.749. The number of rotatable bonds is 6. The third-order valence-corrected chi connectivity index (χ3v) is 6.42. The van der Waals surface area contributed by atoms with Gasteiger partial charge < -0.3 is 14.8 Å². The molecular formula is C25H25F3N4O3. The number of aromatic nitrogens is 3. The van der Waals surface area contributed by atoms with Gasteiger partial charge in [0.25, 0.3) is 0 Å². The van der Waals surface area contributed by atoms with Gasteiger partial charge in [0.2, 0.25) is 5.91 Å². The molecule has 7 nitrogen and oxygen atoms in total. The van der Waals surface area contributed by atoms with Crippen LogP contribution in [0.15, 0.2) is 48.7 Å². The minimum absolute atomic E-state index is 0.0719. The smallest absolute Gasteiger partial charge is 0.222 e. The van der Waals surface area contributed by atoms with Gasteiger partial charge in [0.15, 0.2) is 17.5 Å². The Bertz CT molecular complexity index is 1180. The molecule has 1 spiro atoms. The van der Waals surface area contributed by atoms with Gasteiger partial charge in [0.1, 0.15) is 11.4 Å². The van der Waals surface area contributed by atoms with Crippen molar-refractivity contribution in [1.82, 2.24) is 20.3 Å². The first-order chi connectivity index (χ1) is 16.9. The summed E-state index contributed by atoms with van der Waals surface area (Å²) in [5, 5.41) is 11.2. The molecule has 0 radical (unpaired) electrons. The molecule has 2 fully saturated rings. The van der Waals surface area contributed by atoms with Crippen LogP contribution >= 0.6 is 0 Å². The maximum atomic E-state index is 13.7. The molecule has 5 rings (SSSR count). The first-order valence-electron chi connectivity index (χ1n) is 11.6. The summed E-state index contributed by atoms with van der Waals surface area (Å²) in [6.07, 6.45) is 4.06. The molecule has 0 aliphatic carbocycles. The predicted molar refractivity (Wildman–Crippen MR) is 119 cm³/mol. The van der Waals surface area contributed by atoms with Gasteiger partial charge in [-0.15, -0.1) is 5.10 Å². The van der Waals surface area contributed by atoms with Gasteiger partial charge in [0, 0.05) is 18.4 Å². The summed E-state index contributed by atoms with van der Waals surface area (Å²) in [5.41, 5.74) is 0.496. The number of carbonyl (C=O) groups is 1. The molecule has 3 heterocycles. The van der Waals surface area contributed by atoms with Crippen LogP contribution in [0.3, 0.4) is 0 Å². The standard InChI is InChI=1S/C25H25F3N4O3/c26-20-9-17(10-21(27)24(20)28)22-13-32(31-30-22)18-11-19(15-34-14-16-5-2-1-3-6-16)35-25(12-18)8-4-7-23(33)29-25/h1-3,5-6,9-10,13,18-19H,4,7-8,11-12,14-15H2,(H,29,33). The Morgan fingerprint density at radius 3 is 2.69 bits per heavy atom. The Labute approximate surface area is 200 Å². The van der Waals surface area contributed by atoms with Crippen molar-refractivity contribution < 1.29 is 27.4 Å². The van der Waals surface area contributed by atoms with Crippen molar-refractivity contribution in [2.75, 3.05) is 6.61 Å². The van der Waals surface area contributed by atoms with Crippen LogP contribution in [0.4, 0.5) is 13.2 Å². The minimum atomic E-state index is -1.53. The number of piperidine rings is 1. The van der Waals surface area contributed by atoms with E-state index in [1.54, 1.807) is 10.9 Å². The van der Waals surface area contributed by atoms with Crippen LogP contribution in [-0.4, -0.2) is 39.3 Å². The second-order valence-corrected chi connectivity index (χ2v) is 9.07. The maximum absolute atomic E-state index is 13.7. The number of hydrogen-bond acceptors (Lipinski definition) is 5. The van der Waals surface area contributed by atoms with Crippen LogP contribution in [0.1, 0.15) is 43.7 Å². The Morgan fingerprint density at radius 1 is 1.17 bits per heavy atom. The molecule has 1 aromatic heterocycles. The quantitative estimate of drug-likeness (QED) is 0.526. The van der Waals surface area contributed by atoms with Crippen molar-refractivity contribution in [2.45, 2.75) is 56.6 Å². The lowest BCUT2D eigenvalue weighted by molar-refractivity contribution is -0.193. The fourth-order valence-corrected chi connectivity index (χ4v) is 4.81. The van der Waals surface area contributed by atoms with Gasteiger partial charge in [-0.25, -0.2) is 17.9 Å². The Hall–Kier alpha value is -3.24. The van der Waals surface area contributed by atoms with Crippen LogP contribution in [0.5, 0.6) is 0 Å². The van der Waals surface area contributed by atoms with Crippen molar-refractivity contribution in [2.24, 2.45) is 0 Å². The lowest BCUT2D eigenvalue weighted by Crippen LogP contribution is -2.59. The number of hydrogen-bond donors (Lipinski definition) is 1. The zero-order valence-electron chi connectivity index (χ0n) is 18.9. The minimum Gasteiger partial charge on any atom is -0.374 e. The number of halogens is 3. The summed E-state index contributed by atoms with van der Waals surface area (Å²) >= 11 is 0. The molecule has 2 aromatic carbocycles. The van der Waals surface area contributed by atoms with Gasteiger partial charge in [-0.2, -0.15) is 0 Å². The summed E-state index contributed by atoms with van der Waals surface area (Å²) in [6, 6.07) is 11.4. The lowest BCUT2D eigenvalue weighted by Gasteiger charge is -2.46. The van der Waals surface area contributed by atoms with Crippen molar-refractivity contribution in [3.63, 3.8) is 0 Å². The maximum Gasteiger partial charge on any atom is 0.222 e. The monoisotopic (exact) mass is 486 g/mol. The van der Waals surface area contributed by atoms with Crippen LogP contribution in [-0.2, 0) is 20.9 Å². The SMILES string of the molecule is O=C1CCCC2(CC(n3cc(-c4cc(F)c(F)c(F)c4)nn3)CC(COCc3ccccc3)O2)N1. The van der Waals surface area contributed by atoms with E-state index in [-0.39, 0.29) is 29.3 Å². The molecule has 10 heteroatoms. The highest BCUT2D eigenvalue weighted by atomic mass is 19.2. The molecule has 1 N–H and O–H groups in total. The molecule has 1 amide bonds. The summed E-state index contributed by atoms with van der Waals surface area (Å²) in [4.78, 5) is 12.2. The van der Waals surface area contributed by atoms with E-state index < -0.39 is 23.2 Å². The topological polar surface area (TPSA) is 78.3 Å². The van der Waals surface area contributed by atoms with Crippen LogP contribution in [0, 0.1) is 17.5 Å². The highest BCUT2D eigenvalue weighted by Crippen LogP contribution is 2.39. The third-order valence-electron chi connectivity index (χ3n) is 6.42. The highest BCUT2D eigenvalue weighted by Gasteiger charge is 2.45. The van der Waals surface area contributed by atoms with E-state index in [4.69, 9.17) is 9.47 Å². The number of carbonyl (C=O) groups excluding carboxylic acids is 1. The molecule has 2 aliphatic rings. The molecule has 3 aromatic rings. The fraction of sp³-hybridized carbons (Fsp3) is 0.400. The van der Waals surface area contributed by atoms with Crippen molar-refractivity contribution in [1.29, 1.82) is 0 Å². The van der Waals surface area contributed by atoms with Gasteiger partial charge in [-0.3, -0.25) is 4.79 Å². The van der Waals surface area contributed by atoms with E-state index in [1.165, 1.54) is 0 Å². The first kappa shape index (κ1) is 23.5. The summed E-state index contributed by atoms with van der Waals surface area (Å²) < 4.78 is 54.7. The second kappa shape index (κ2) is 9.79. The summed E-state index contributed by atoms with van der Waals surface area (Å²) in [5.74, 6) is -4.18. The van der Waals surface area contributed by atoms with Crippen molar-refractivity contribution >= 4 is 5.91 Å². The Kier molecular flexibility index (Phi) is 6.57. The summed E-state index contributed by atoms with van der Waals surface area (Å²) in [7, 11) is 0. The van der Waals surface area contributed by atoms with E-state index in [0.717, 1.165) is 17.7 Å². The van der Waals surface area contributed by atoms with E-state index in [1.807, 2.05) is 30.3 Å². The van der Waals surface area contributed by atoms with Crippen molar-refractivity contribution in [3.8, 4) is 11.3 Å². The van der Waals surface area contributed by atoms with Crippen LogP contribution in [0.2, 0.25) is 0 Å². The molecule has 35 heavy (non-hydrogen) atoms. The zero-order chi connectivity index (χ0) is 24.4. The van der Waals surface area contributed by atoms with Gasteiger partial charge in [-0.05, 0) is 37.0 Å². The van der Waals surface area contributed by atoms with E-state index >= 15 is 0 Å². The lowest BCUT2D eigenvalue weighted by atomic mass is 9.88. The molecule has 2 saturated heterocycles. The molecule has 3 unspecified atom stereocenters. The van der Waals surface area contributed by atoms with Gasteiger partial charge >= 0.3 is 0 Å². The number of nitrogens with zero attached hydrogens (tertiary/aromatic N) is 3. The van der Waals surface area contributed by atoms with E-state index in [2.05, 4.69) is 15.6 Å². The van der Waals surface area contributed by atoms with Gasteiger partial charge in [0.05, 0.1) is 31.6 Å². The predicted octanol–water partition coefficient (Wildman–Crippen LogP) is 4.30. The number of amides is 1. The molecule has 0 bridgehead atoms. The van der Waals surface area contributed by atoms with Crippen LogP contribution < -0.4 is 5.32 Å². The molecular weight excluding hydrogens is 461 g/mol.